The summed E-state index contributed by atoms with van der Waals surface area (Å²) in [5.74, 6) is 2.55. The van der Waals surface area contributed by atoms with Gasteiger partial charge in [-0.25, -0.2) is 4.98 Å². The molecule has 4 heteroatoms. The molecule has 1 aromatic heterocycles. The first-order valence-electron chi connectivity index (χ1n) is 6.01. The molecule has 1 N–H and O–H groups in total. The lowest BCUT2D eigenvalue weighted by Crippen LogP contribution is -2.08. The van der Waals surface area contributed by atoms with Crippen LogP contribution in [0.4, 0.5) is 5.88 Å². The Kier molecular flexibility index (Phi) is 2.32. The molecule has 0 atom stereocenters. The Morgan fingerprint density at radius 3 is 2.75 bits per heavy atom. The van der Waals surface area contributed by atoms with E-state index in [1.54, 1.807) is 0 Å². The first-order chi connectivity index (χ1) is 7.86. The van der Waals surface area contributed by atoms with Crippen LogP contribution in [0.25, 0.3) is 0 Å². The molecule has 1 heterocycles. The Hall–Kier alpha value is -1.50. The molecular weight excluding hydrogens is 202 g/mol. The molecule has 0 aliphatic heterocycles. The van der Waals surface area contributed by atoms with E-state index in [0.717, 1.165) is 31.2 Å². The monoisotopic (exact) mass is 217 g/mol. The van der Waals surface area contributed by atoms with Crippen molar-refractivity contribution in [3.8, 4) is 6.07 Å². The van der Waals surface area contributed by atoms with Crippen LogP contribution in [0.5, 0.6) is 0 Å². The van der Waals surface area contributed by atoms with Crippen LogP contribution in [-0.2, 0) is 0 Å². The van der Waals surface area contributed by atoms with Gasteiger partial charge in [-0.05, 0) is 31.6 Å². The fourth-order valence-corrected chi connectivity index (χ4v) is 1.92. The highest BCUT2D eigenvalue weighted by Crippen LogP contribution is 2.37. The normalized spacial score (nSPS) is 20.2. The number of nitrogens with zero attached hydrogens (tertiary/aromatic N) is 2. The largest absolute Gasteiger partial charge is 0.424 e. The second-order valence-electron chi connectivity index (χ2n) is 4.79. The summed E-state index contributed by atoms with van der Waals surface area (Å²) in [5.41, 5.74) is 0.419. The van der Waals surface area contributed by atoms with Gasteiger partial charge in [0.25, 0.3) is 0 Å². The van der Waals surface area contributed by atoms with Crippen molar-refractivity contribution in [1.82, 2.24) is 4.98 Å². The first kappa shape index (κ1) is 9.71. The Balaban J connectivity index is 1.73. The zero-order chi connectivity index (χ0) is 11.0. The summed E-state index contributed by atoms with van der Waals surface area (Å²) in [5, 5.41) is 12.2. The van der Waals surface area contributed by atoms with E-state index in [0.29, 0.717) is 17.5 Å². The average molecular weight is 217 g/mol. The molecule has 0 unspecified atom stereocenters. The van der Waals surface area contributed by atoms with Crippen molar-refractivity contribution in [2.24, 2.45) is 5.92 Å². The highest BCUT2D eigenvalue weighted by atomic mass is 16.4. The molecule has 2 fully saturated rings. The van der Waals surface area contributed by atoms with Crippen molar-refractivity contribution in [1.29, 1.82) is 5.26 Å². The zero-order valence-corrected chi connectivity index (χ0v) is 9.20. The molecule has 0 amide bonds. The van der Waals surface area contributed by atoms with Gasteiger partial charge in [0.2, 0.25) is 17.5 Å². The Bertz CT molecular complexity index is 424. The maximum Gasteiger partial charge on any atom is 0.232 e. The summed E-state index contributed by atoms with van der Waals surface area (Å²) in [4.78, 5) is 4.26. The van der Waals surface area contributed by atoms with Crippen molar-refractivity contribution in [3.63, 3.8) is 0 Å². The number of oxazole rings is 1. The van der Waals surface area contributed by atoms with Crippen molar-refractivity contribution >= 4 is 5.88 Å². The number of nitriles is 1. The van der Waals surface area contributed by atoms with Crippen LogP contribution in [0.3, 0.4) is 0 Å². The molecule has 0 bridgehead atoms. The summed E-state index contributed by atoms with van der Waals surface area (Å²) in [7, 11) is 0. The molecule has 0 radical (unpaired) electrons. The fraction of sp³-hybridized carbons (Fsp3) is 0.667. The second kappa shape index (κ2) is 3.82. The molecule has 84 valence electrons. The molecule has 2 aliphatic rings. The smallest absolute Gasteiger partial charge is 0.232 e. The summed E-state index contributed by atoms with van der Waals surface area (Å²) in [6.07, 6.45) is 6.12. The summed E-state index contributed by atoms with van der Waals surface area (Å²) >= 11 is 0. The lowest BCUT2D eigenvalue weighted by atomic mass is 9.85. The van der Waals surface area contributed by atoms with Crippen molar-refractivity contribution in [2.75, 3.05) is 11.9 Å². The maximum atomic E-state index is 8.97. The van der Waals surface area contributed by atoms with Crippen LogP contribution < -0.4 is 5.32 Å². The topological polar surface area (TPSA) is 61.9 Å². The standard InChI is InChI=1S/C12H15N3O/c13-6-10-12(14-7-8-4-5-8)16-11(15-10)9-2-1-3-9/h8-9,14H,1-5,7H2. The zero-order valence-electron chi connectivity index (χ0n) is 9.20. The summed E-state index contributed by atoms with van der Waals surface area (Å²) in [6.45, 7) is 0.911. The van der Waals surface area contributed by atoms with E-state index in [9.17, 15) is 0 Å². The molecule has 4 nitrogen and oxygen atoms in total. The third-order valence-corrected chi connectivity index (χ3v) is 3.45. The van der Waals surface area contributed by atoms with Crippen LogP contribution in [0.2, 0.25) is 0 Å². The Morgan fingerprint density at radius 2 is 2.19 bits per heavy atom. The number of nitrogens with one attached hydrogen (secondary N) is 1. The molecule has 0 spiro atoms. The molecule has 16 heavy (non-hydrogen) atoms. The predicted octanol–water partition coefficient (Wildman–Crippen LogP) is 2.64. The van der Waals surface area contributed by atoms with Crippen molar-refractivity contribution in [3.05, 3.63) is 11.6 Å². The minimum absolute atomic E-state index is 0.419. The molecule has 2 aliphatic carbocycles. The lowest BCUT2D eigenvalue weighted by Gasteiger charge is -2.21. The van der Waals surface area contributed by atoms with Crippen LogP contribution in [0.15, 0.2) is 4.42 Å². The summed E-state index contributed by atoms with van der Waals surface area (Å²) in [6, 6.07) is 2.10. The van der Waals surface area contributed by atoms with Crippen LogP contribution >= 0.6 is 0 Å². The van der Waals surface area contributed by atoms with Crippen LogP contribution in [0, 0.1) is 17.2 Å². The van der Waals surface area contributed by atoms with E-state index in [2.05, 4.69) is 16.4 Å². The molecule has 0 aromatic carbocycles. The lowest BCUT2D eigenvalue weighted by molar-refractivity contribution is 0.338. The van der Waals surface area contributed by atoms with E-state index < -0.39 is 0 Å². The first-order valence-corrected chi connectivity index (χ1v) is 6.01. The van der Waals surface area contributed by atoms with Gasteiger partial charge in [-0.15, -0.1) is 0 Å². The van der Waals surface area contributed by atoms with Crippen LogP contribution in [-0.4, -0.2) is 11.5 Å². The minimum Gasteiger partial charge on any atom is -0.424 e. The Morgan fingerprint density at radius 1 is 1.38 bits per heavy atom. The molecule has 1 aromatic rings. The van der Waals surface area contributed by atoms with Gasteiger partial charge in [-0.1, -0.05) is 6.42 Å². The fourth-order valence-electron chi connectivity index (χ4n) is 1.92. The van der Waals surface area contributed by atoms with Gasteiger partial charge >= 0.3 is 0 Å². The van der Waals surface area contributed by atoms with E-state index >= 15 is 0 Å². The summed E-state index contributed by atoms with van der Waals surface area (Å²) < 4.78 is 5.64. The molecular formula is C12H15N3O. The third-order valence-electron chi connectivity index (χ3n) is 3.45. The second-order valence-corrected chi connectivity index (χ2v) is 4.79. The number of hydrogen-bond acceptors (Lipinski definition) is 4. The van der Waals surface area contributed by atoms with Crippen molar-refractivity contribution < 1.29 is 4.42 Å². The van der Waals surface area contributed by atoms with Gasteiger partial charge in [0.1, 0.15) is 6.07 Å². The third kappa shape index (κ3) is 1.78. The number of anilines is 1. The van der Waals surface area contributed by atoms with E-state index in [1.165, 1.54) is 19.3 Å². The molecule has 0 saturated heterocycles. The van der Waals surface area contributed by atoms with Gasteiger partial charge in [-0.3, -0.25) is 0 Å². The van der Waals surface area contributed by atoms with Gasteiger partial charge in [0.15, 0.2) is 0 Å². The minimum atomic E-state index is 0.419. The van der Waals surface area contributed by atoms with E-state index in [4.69, 9.17) is 9.68 Å². The van der Waals surface area contributed by atoms with Crippen LogP contribution in [0.1, 0.15) is 49.6 Å². The maximum absolute atomic E-state index is 8.97. The highest BCUT2D eigenvalue weighted by molar-refractivity contribution is 5.45. The quantitative estimate of drug-likeness (QED) is 0.842. The number of rotatable bonds is 4. The highest BCUT2D eigenvalue weighted by Gasteiger charge is 2.27. The molecule has 3 rings (SSSR count). The Labute approximate surface area is 94.7 Å². The SMILES string of the molecule is N#Cc1nc(C2CCC2)oc1NCC1CC1. The van der Waals surface area contributed by atoms with Gasteiger partial charge in [-0.2, -0.15) is 5.26 Å². The molecule has 2 saturated carbocycles. The average Bonchev–Trinajstić information content (AvgIpc) is 2.95. The van der Waals surface area contributed by atoms with E-state index in [1.807, 2.05) is 0 Å². The van der Waals surface area contributed by atoms with Gasteiger partial charge in [0, 0.05) is 12.5 Å². The number of hydrogen-bond donors (Lipinski definition) is 1. The predicted molar refractivity (Wildman–Crippen MR) is 59.0 cm³/mol. The number of aromatic nitrogens is 1. The van der Waals surface area contributed by atoms with Crippen molar-refractivity contribution in [2.45, 2.75) is 38.0 Å². The van der Waals surface area contributed by atoms with E-state index in [-0.39, 0.29) is 0 Å². The van der Waals surface area contributed by atoms with Gasteiger partial charge < -0.3 is 9.73 Å². The van der Waals surface area contributed by atoms with Gasteiger partial charge in [0.05, 0.1) is 0 Å².